The lowest BCUT2D eigenvalue weighted by Gasteiger charge is -2.14. The first kappa shape index (κ1) is 19.7. The minimum absolute atomic E-state index is 0. The molecular weight excluding hydrogens is 431 g/mol. The first-order valence-electron chi connectivity index (χ1n) is 8.42. The minimum atomic E-state index is 0. The Kier molecular flexibility index (Phi) is 8.75. The zero-order valence-electron chi connectivity index (χ0n) is 14.2. The van der Waals surface area contributed by atoms with E-state index >= 15 is 0 Å². The number of furan rings is 1. The summed E-state index contributed by atoms with van der Waals surface area (Å²) in [4.78, 5) is 8.95. The van der Waals surface area contributed by atoms with Crippen molar-refractivity contribution in [2.75, 3.05) is 26.3 Å². The molecule has 25 heavy (non-hydrogen) atoms. The Morgan fingerprint density at radius 1 is 1.24 bits per heavy atom. The van der Waals surface area contributed by atoms with Crippen LogP contribution in [0.4, 0.5) is 0 Å². The van der Waals surface area contributed by atoms with Crippen molar-refractivity contribution >= 4 is 29.9 Å². The number of ether oxygens (including phenoxy) is 1. The molecule has 1 unspecified atom stereocenters. The summed E-state index contributed by atoms with van der Waals surface area (Å²) >= 11 is 0. The molecular formula is C18H25IN4O2. The van der Waals surface area contributed by atoms with Crippen molar-refractivity contribution in [2.24, 2.45) is 10.9 Å². The van der Waals surface area contributed by atoms with Crippen molar-refractivity contribution in [1.29, 1.82) is 0 Å². The summed E-state index contributed by atoms with van der Waals surface area (Å²) in [5, 5.41) is 6.78. The molecule has 6 nitrogen and oxygen atoms in total. The van der Waals surface area contributed by atoms with Gasteiger partial charge in [-0.25, -0.2) is 4.99 Å². The molecule has 1 fully saturated rings. The third kappa shape index (κ3) is 7.03. The lowest BCUT2D eigenvalue weighted by atomic mass is 10.1. The van der Waals surface area contributed by atoms with Crippen LogP contribution in [0.5, 0.6) is 0 Å². The van der Waals surface area contributed by atoms with E-state index in [9.17, 15) is 0 Å². The number of halogens is 1. The number of aliphatic imine (C=N–C) groups is 1. The minimum Gasteiger partial charge on any atom is -0.469 e. The number of pyridine rings is 1. The predicted octanol–water partition coefficient (Wildman–Crippen LogP) is 2.61. The van der Waals surface area contributed by atoms with Gasteiger partial charge in [-0.2, -0.15) is 0 Å². The first-order chi connectivity index (χ1) is 11.9. The summed E-state index contributed by atoms with van der Waals surface area (Å²) in [5.74, 6) is 2.33. The Balaban J connectivity index is 0.00000225. The molecule has 0 radical (unpaired) electrons. The summed E-state index contributed by atoms with van der Waals surface area (Å²) in [6, 6.07) is 9.76. The number of aromatic nitrogens is 1. The van der Waals surface area contributed by atoms with Crippen LogP contribution in [0.15, 0.2) is 52.2 Å². The van der Waals surface area contributed by atoms with Crippen LogP contribution >= 0.6 is 24.0 Å². The van der Waals surface area contributed by atoms with Gasteiger partial charge < -0.3 is 19.8 Å². The van der Waals surface area contributed by atoms with Crippen LogP contribution in [0.25, 0.3) is 0 Å². The Hall–Kier alpha value is -1.61. The van der Waals surface area contributed by atoms with Gasteiger partial charge in [-0.05, 0) is 30.7 Å². The van der Waals surface area contributed by atoms with E-state index in [1.165, 1.54) is 0 Å². The van der Waals surface area contributed by atoms with E-state index in [-0.39, 0.29) is 24.0 Å². The number of rotatable bonds is 7. The van der Waals surface area contributed by atoms with Gasteiger partial charge in [-0.3, -0.25) is 4.98 Å². The molecule has 2 aromatic rings. The number of hydrogen-bond donors (Lipinski definition) is 2. The molecule has 0 spiro atoms. The van der Waals surface area contributed by atoms with Gasteiger partial charge in [0.15, 0.2) is 5.96 Å². The van der Waals surface area contributed by atoms with Gasteiger partial charge in [0.05, 0.1) is 25.1 Å². The zero-order valence-corrected chi connectivity index (χ0v) is 16.5. The van der Waals surface area contributed by atoms with Crippen molar-refractivity contribution in [3.8, 4) is 0 Å². The maximum absolute atomic E-state index is 5.43. The monoisotopic (exact) mass is 456 g/mol. The average Bonchev–Trinajstić information content (AvgIpc) is 3.31. The molecule has 1 aliphatic heterocycles. The number of guanidine groups is 1. The van der Waals surface area contributed by atoms with Crippen molar-refractivity contribution < 1.29 is 9.15 Å². The van der Waals surface area contributed by atoms with E-state index in [1.54, 1.807) is 12.5 Å². The molecule has 0 aromatic carbocycles. The molecule has 0 amide bonds. The van der Waals surface area contributed by atoms with Crippen LogP contribution in [0.3, 0.4) is 0 Å². The normalized spacial score (nSPS) is 17.1. The molecule has 0 bridgehead atoms. The highest BCUT2D eigenvalue weighted by Gasteiger charge is 2.15. The quantitative estimate of drug-likeness (QED) is 0.381. The standard InChI is InChI=1S/C18H24N4O2.HI/c1-2-8-19-16(4-1)13-22-18(21-12-15-7-11-23-14-15)20-9-6-17-5-3-10-24-17;/h1-5,8,10,15H,6-7,9,11-14H2,(H2,20,21,22);1H. The Labute approximate surface area is 165 Å². The Morgan fingerprint density at radius 3 is 2.92 bits per heavy atom. The number of hydrogen-bond acceptors (Lipinski definition) is 4. The van der Waals surface area contributed by atoms with Crippen LogP contribution in [0, 0.1) is 5.92 Å². The topological polar surface area (TPSA) is 71.7 Å². The summed E-state index contributed by atoms with van der Waals surface area (Å²) in [5.41, 5.74) is 0.953. The highest BCUT2D eigenvalue weighted by Crippen LogP contribution is 2.10. The summed E-state index contributed by atoms with van der Waals surface area (Å²) in [6.45, 7) is 3.88. The van der Waals surface area contributed by atoms with Crippen LogP contribution in [0.1, 0.15) is 17.9 Å². The summed E-state index contributed by atoms with van der Waals surface area (Å²) in [7, 11) is 0. The van der Waals surface area contributed by atoms with Gasteiger partial charge in [0.2, 0.25) is 0 Å². The molecule has 2 aromatic heterocycles. The molecule has 7 heteroatoms. The third-order valence-electron chi connectivity index (χ3n) is 3.95. The highest BCUT2D eigenvalue weighted by molar-refractivity contribution is 14.0. The highest BCUT2D eigenvalue weighted by atomic mass is 127. The molecule has 1 saturated heterocycles. The van der Waals surface area contributed by atoms with E-state index < -0.39 is 0 Å². The SMILES string of the molecule is I.c1ccc(CN=C(NCCc2ccco2)NCC2CCOC2)nc1. The van der Waals surface area contributed by atoms with Gasteiger partial charge in [0.25, 0.3) is 0 Å². The lowest BCUT2D eigenvalue weighted by Crippen LogP contribution is -2.41. The largest absolute Gasteiger partial charge is 0.469 e. The fraction of sp³-hybridized carbons (Fsp3) is 0.444. The maximum atomic E-state index is 5.43. The second-order valence-corrected chi connectivity index (χ2v) is 5.85. The van der Waals surface area contributed by atoms with Gasteiger partial charge in [0.1, 0.15) is 5.76 Å². The molecule has 0 aliphatic carbocycles. The van der Waals surface area contributed by atoms with Crippen LogP contribution in [0.2, 0.25) is 0 Å². The Bertz CT molecular complexity index is 613. The third-order valence-corrected chi connectivity index (χ3v) is 3.95. The van der Waals surface area contributed by atoms with Crippen LogP contribution < -0.4 is 10.6 Å². The second kappa shape index (κ2) is 11.1. The molecule has 3 heterocycles. The smallest absolute Gasteiger partial charge is 0.191 e. The molecule has 1 atom stereocenters. The predicted molar refractivity (Wildman–Crippen MR) is 108 cm³/mol. The fourth-order valence-corrected chi connectivity index (χ4v) is 2.57. The molecule has 3 rings (SSSR count). The zero-order chi connectivity index (χ0) is 16.5. The van der Waals surface area contributed by atoms with Gasteiger partial charge >= 0.3 is 0 Å². The Morgan fingerprint density at radius 2 is 2.20 bits per heavy atom. The number of nitrogens with one attached hydrogen (secondary N) is 2. The van der Waals surface area contributed by atoms with E-state index in [1.807, 2.05) is 30.3 Å². The summed E-state index contributed by atoms with van der Waals surface area (Å²) < 4.78 is 10.8. The van der Waals surface area contributed by atoms with Crippen molar-refractivity contribution in [2.45, 2.75) is 19.4 Å². The van der Waals surface area contributed by atoms with E-state index in [0.717, 1.165) is 56.6 Å². The van der Waals surface area contributed by atoms with Crippen molar-refractivity contribution in [1.82, 2.24) is 15.6 Å². The molecule has 2 N–H and O–H groups in total. The van der Waals surface area contributed by atoms with Crippen molar-refractivity contribution in [3.63, 3.8) is 0 Å². The second-order valence-electron chi connectivity index (χ2n) is 5.85. The number of nitrogens with zero attached hydrogens (tertiary/aromatic N) is 2. The first-order valence-corrected chi connectivity index (χ1v) is 8.42. The van der Waals surface area contributed by atoms with E-state index in [2.05, 4.69) is 20.6 Å². The van der Waals surface area contributed by atoms with Crippen LogP contribution in [-0.2, 0) is 17.7 Å². The van der Waals surface area contributed by atoms with Gasteiger partial charge in [-0.1, -0.05) is 6.07 Å². The van der Waals surface area contributed by atoms with E-state index in [4.69, 9.17) is 9.15 Å². The lowest BCUT2D eigenvalue weighted by molar-refractivity contribution is 0.186. The fourth-order valence-electron chi connectivity index (χ4n) is 2.57. The molecule has 136 valence electrons. The maximum Gasteiger partial charge on any atom is 0.191 e. The molecule has 1 aliphatic rings. The van der Waals surface area contributed by atoms with Crippen LogP contribution in [-0.4, -0.2) is 37.2 Å². The van der Waals surface area contributed by atoms with Crippen molar-refractivity contribution in [3.05, 3.63) is 54.2 Å². The summed E-state index contributed by atoms with van der Waals surface area (Å²) in [6.07, 6.45) is 5.42. The van der Waals surface area contributed by atoms with Gasteiger partial charge in [-0.15, -0.1) is 24.0 Å². The average molecular weight is 456 g/mol. The van der Waals surface area contributed by atoms with E-state index in [0.29, 0.717) is 12.5 Å². The molecule has 0 saturated carbocycles. The van der Waals surface area contributed by atoms with Gasteiger partial charge in [0, 0.05) is 38.2 Å².